The number of aliphatic hydroxyl groups excluding tert-OH is 2. The third-order valence-corrected chi connectivity index (χ3v) is 2.89. The Morgan fingerprint density at radius 2 is 2.22 bits per heavy atom. The number of aromatic nitrogens is 1. The number of hydrogen-bond acceptors (Lipinski definition) is 6. The Morgan fingerprint density at radius 1 is 1.56 bits per heavy atom. The summed E-state index contributed by atoms with van der Waals surface area (Å²) >= 11 is 0. The summed E-state index contributed by atoms with van der Waals surface area (Å²) in [4.78, 5) is 13.4. The van der Waals surface area contributed by atoms with Crippen LogP contribution in [-0.2, 0) is 4.79 Å². The summed E-state index contributed by atoms with van der Waals surface area (Å²) in [5.41, 5.74) is 0. The number of nitrogens with zero attached hydrogens (tertiary/aromatic N) is 2. The van der Waals surface area contributed by atoms with Crippen LogP contribution in [0.2, 0.25) is 0 Å². The third kappa shape index (κ3) is 3.28. The van der Waals surface area contributed by atoms with E-state index < -0.39 is 12.2 Å². The normalized spacial score (nSPS) is 24.4. The van der Waals surface area contributed by atoms with Crippen molar-refractivity contribution in [2.45, 2.75) is 25.6 Å². The van der Waals surface area contributed by atoms with Gasteiger partial charge in [0.05, 0.1) is 12.2 Å². The van der Waals surface area contributed by atoms with Crippen LogP contribution in [0.5, 0.6) is 0 Å². The van der Waals surface area contributed by atoms with E-state index in [1.807, 2.05) is 4.90 Å². The lowest BCUT2D eigenvalue weighted by atomic mass is 10.3. The largest absolute Gasteiger partial charge is 0.389 e. The lowest BCUT2D eigenvalue weighted by Crippen LogP contribution is -2.27. The molecule has 100 valence electrons. The van der Waals surface area contributed by atoms with Crippen molar-refractivity contribution in [1.82, 2.24) is 10.1 Å². The highest BCUT2D eigenvalue weighted by Gasteiger charge is 2.29. The maximum absolute atomic E-state index is 11.6. The van der Waals surface area contributed by atoms with Gasteiger partial charge in [-0.25, -0.2) is 0 Å². The van der Waals surface area contributed by atoms with E-state index in [4.69, 9.17) is 4.52 Å². The van der Waals surface area contributed by atoms with Gasteiger partial charge < -0.3 is 20.1 Å². The molecule has 0 bridgehead atoms. The number of β-amino-alcohol motifs (C(OH)–C–C–N with tert-alkyl or cyclic N) is 2. The lowest BCUT2D eigenvalue weighted by Gasteiger charge is -2.13. The third-order valence-electron chi connectivity index (χ3n) is 2.89. The quantitative estimate of drug-likeness (QED) is 0.661. The number of hydrogen-bond donors (Lipinski definition) is 3. The van der Waals surface area contributed by atoms with Gasteiger partial charge in [0, 0.05) is 32.1 Å². The summed E-state index contributed by atoms with van der Waals surface area (Å²) in [6.45, 7) is 3.04. The van der Waals surface area contributed by atoms with Crippen molar-refractivity contribution in [2.24, 2.45) is 0 Å². The predicted octanol–water partition coefficient (Wildman–Crippen LogP) is -0.651. The van der Waals surface area contributed by atoms with E-state index in [1.54, 1.807) is 13.0 Å². The summed E-state index contributed by atoms with van der Waals surface area (Å²) in [5.74, 6) is 0.870. The molecule has 1 amide bonds. The van der Waals surface area contributed by atoms with E-state index in [-0.39, 0.29) is 12.3 Å². The summed E-state index contributed by atoms with van der Waals surface area (Å²) in [5, 5.41) is 25.0. The molecule has 0 spiro atoms. The van der Waals surface area contributed by atoms with Gasteiger partial charge in [0.1, 0.15) is 5.76 Å². The maximum atomic E-state index is 11.6. The molecular formula is C11H17N3O4. The average Bonchev–Trinajstić information content (AvgIpc) is 2.84. The van der Waals surface area contributed by atoms with Crippen LogP contribution in [0.15, 0.2) is 10.6 Å². The summed E-state index contributed by atoms with van der Waals surface area (Å²) < 4.78 is 4.83. The van der Waals surface area contributed by atoms with Crippen molar-refractivity contribution in [3.05, 3.63) is 11.8 Å². The summed E-state index contributed by atoms with van der Waals surface area (Å²) in [7, 11) is 0. The van der Waals surface area contributed by atoms with Crippen molar-refractivity contribution in [3.63, 3.8) is 0 Å². The second-order valence-corrected chi connectivity index (χ2v) is 4.52. The van der Waals surface area contributed by atoms with Crippen LogP contribution in [0, 0.1) is 6.92 Å². The molecule has 2 atom stereocenters. The first-order valence-electron chi connectivity index (χ1n) is 5.86. The molecule has 1 aromatic rings. The van der Waals surface area contributed by atoms with E-state index in [0.717, 1.165) is 0 Å². The monoisotopic (exact) mass is 255 g/mol. The first kappa shape index (κ1) is 13.0. The second-order valence-electron chi connectivity index (χ2n) is 4.52. The highest BCUT2D eigenvalue weighted by atomic mass is 16.5. The molecule has 0 aromatic carbocycles. The number of nitrogens with one attached hydrogen (secondary N) is 1. The van der Waals surface area contributed by atoms with E-state index in [2.05, 4.69) is 10.5 Å². The minimum atomic E-state index is -0.716. The highest BCUT2D eigenvalue weighted by Crippen LogP contribution is 2.11. The Morgan fingerprint density at radius 3 is 2.78 bits per heavy atom. The van der Waals surface area contributed by atoms with Gasteiger partial charge in [-0.15, -0.1) is 0 Å². The molecule has 1 aliphatic rings. The van der Waals surface area contributed by atoms with Crippen molar-refractivity contribution in [1.29, 1.82) is 0 Å². The molecule has 0 saturated carbocycles. The standard InChI is InChI=1S/C11H17N3O4/c1-7-4-10(13-18-7)12-11(17)2-3-14-5-8(15)9(16)6-14/h4,8-9,15-16H,2-3,5-6H2,1H3,(H,12,13,17)/t8-,9+. The molecule has 0 radical (unpaired) electrons. The molecule has 7 heteroatoms. The van der Waals surface area contributed by atoms with Crippen LogP contribution in [0.3, 0.4) is 0 Å². The number of aliphatic hydroxyl groups is 2. The zero-order valence-electron chi connectivity index (χ0n) is 10.2. The number of aryl methyl sites for hydroxylation is 1. The number of likely N-dealkylation sites (tertiary alicyclic amines) is 1. The molecule has 0 aliphatic carbocycles. The molecule has 2 heterocycles. The zero-order chi connectivity index (χ0) is 13.1. The second kappa shape index (κ2) is 5.47. The fourth-order valence-corrected chi connectivity index (χ4v) is 1.92. The van der Waals surface area contributed by atoms with Gasteiger partial charge in [-0.05, 0) is 6.92 Å². The van der Waals surface area contributed by atoms with Gasteiger partial charge in [-0.2, -0.15) is 0 Å². The Bertz CT molecular complexity index is 410. The highest BCUT2D eigenvalue weighted by molar-refractivity contribution is 5.89. The van der Waals surface area contributed by atoms with Gasteiger partial charge in [-0.3, -0.25) is 9.69 Å². The molecule has 3 N–H and O–H groups in total. The number of anilines is 1. The van der Waals surface area contributed by atoms with Gasteiger partial charge in [0.25, 0.3) is 0 Å². The SMILES string of the molecule is Cc1cc(NC(=O)CCN2C[C@@H](O)[C@@H](O)C2)no1. The van der Waals surface area contributed by atoms with Gasteiger partial charge >= 0.3 is 0 Å². The molecule has 1 aromatic heterocycles. The molecule has 1 fully saturated rings. The first-order chi connectivity index (χ1) is 8.54. The van der Waals surface area contributed by atoms with Crippen molar-refractivity contribution < 1.29 is 19.5 Å². The van der Waals surface area contributed by atoms with Gasteiger partial charge in [-0.1, -0.05) is 5.16 Å². The molecule has 1 saturated heterocycles. The van der Waals surface area contributed by atoms with E-state index in [0.29, 0.717) is 31.2 Å². The number of carbonyl (C=O) groups excluding carboxylic acids is 1. The topological polar surface area (TPSA) is 98.8 Å². The molecule has 1 aliphatic heterocycles. The van der Waals surface area contributed by atoms with Crippen LogP contribution >= 0.6 is 0 Å². The van der Waals surface area contributed by atoms with Crippen molar-refractivity contribution in [3.8, 4) is 0 Å². The number of carbonyl (C=O) groups is 1. The minimum Gasteiger partial charge on any atom is -0.389 e. The van der Waals surface area contributed by atoms with Crippen LogP contribution in [0.1, 0.15) is 12.2 Å². The van der Waals surface area contributed by atoms with Crippen LogP contribution in [-0.4, -0.2) is 58.0 Å². The zero-order valence-corrected chi connectivity index (χ0v) is 10.2. The molecule has 2 rings (SSSR count). The Labute approximate surface area is 104 Å². The number of amides is 1. The van der Waals surface area contributed by atoms with Crippen LogP contribution in [0.4, 0.5) is 5.82 Å². The molecule has 18 heavy (non-hydrogen) atoms. The Kier molecular flexibility index (Phi) is 3.95. The van der Waals surface area contributed by atoms with Crippen LogP contribution < -0.4 is 5.32 Å². The average molecular weight is 255 g/mol. The van der Waals surface area contributed by atoms with Crippen molar-refractivity contribution in [2.75, 3.05) is 25.0 Å². The van der Waals surface area contributed by atoms with E-state index in [9.17, 15) is 15.0 Å². The summed E-state index contributed by atoms with van der Waals surface area (Å²) in [6, 6.07) is 1.64. The smallest absolute Gasteiger partial charge is 0.226 e. The maximum Gasteiger partial charge on any atom is 0.226 e. The predicted molar refractivity (Wildman–Crippen MR) is 62.9 cm³/mol. The molecular weight excluding hydrogens is 238 g/mol. The Hall–Kier alpha value is -1.44. The van der Waals surface area contributed by atoms with Gasteiger partial charge in [0.2, 0.25) is 5.91 Å². The minimum absolute atomic E-state index is 0.167. The Balaban J connectivity index is 1.72. The molecule has 7 nitrogen and oxygen atoms in total. The lowest BCUT2D eigenvalue weighted by molar-refractivity contribution is -0.116. The fraction of sp³-hybridized carbons (Fsp3) is 0.636. The van der Waals surface area contributed by atoms with Gasteiger partial charge in [0.15, 0.2) is 5.82 Å². The van der Waals surface area contributed by atoms with Crippen LogP contribution in [0.25, 0.3) is 0 Å². The first-order valence-corrected chi connectivity index (χ1v) is 5.86. The molecule has 0 unspecified atom stereocenters. The van der Waals surface area contributed by atoms with E-state index >= 15 is 0 Å². The number of rotatable bonds is 4. The summed E-state index contributed by atoms with van der Waals surface area (Å²) in [6.07, 6.45) is -1.15. The fourth-order valence-electron chi connectivity index (χ4n) is 1.92. The van der Waals surface area contributed by atoms with Crippen molar-refractivity contribution >= 4 is 11.7 Å². The van der Waals surface area contributed by atoms with E-state index in [1.165, 1.54) is 0 Å².